The van der Waals surface area contributed by atoms with E-state index in [-0.39, 0.29) is 13.1 Å². The van der Waals surface area contributed by atoms with Crippen LogP contribution in [0, 0.1) is 0 Å². The summed E-state index contributed by atoms with van der Waals surface area (Å²) >= 11 is 0. The lowest BCUT2D eigenvalue weighted by molar-refractivity contribution is 0.0218. The van der Waals surface area contributed by atoms with E-state index >= 15 is 0 Å². The van der Waals surface area contributed by atoms with Gasteiger partial charge in [0.15, 0.2) is 0 Å². The minimum atomic E-state index is -1.26. The second-order valence-corrected chi connectivity index (χ2v) is 4.69. The first kappa shape index (κ1) is 10.3. The fraction of sp³-hybridized carbons (Fsp3) is 1.00. The van der Waals surface area contributed by atoms with Crippen molar-refractivity contribution in [3.8, 4) is 0 Å². The van der Waals surface area contributed by atoms with Crippen LogP contribution >= 0.6 is 0 Å². The molecule has 0 bridgehead atoms. The van der Waals surface area contributed by atoms with Crippen LogP contribution in [0.3, 0.4) is 0 Å². The number of hydrogen-bond donors (Lipinski definition) is 0. The van der Waals surface area contributed by atoms with Gasteiger partial charge in [-0.05, 0) is 13.8 Å². The van der Waals surface area contributed by atoms with E-state index in [4.69, 9.17) is 0 Å². The molecule has 82 valence electrons. The number of alkyl halides is 2. The molecule has 2 nitrogen and oxygen atoms in total. The van der Waals surface area contributed by atoms with Gasteiger partial charge in [-0.15, -0.1) is 0 Å². The van der Waals surface area contributed by atoms with Crippen molar-refractivity contribution in [2.75, 3.05) is 26.2 Å². The van der Waals surface area contributed by atoms with E-state index in [0.29, 0.717) is 12.1 Å². The Balaban J connectivity index is 1.78. The standard InChI is InChI=1S/C10H18F2N2/c1-7(2)13-3-8(4-13)14-5-9(11)10(12)6-14/h7-10H,3-6H2,1-2H3/t9-,10+. The van der Waals surface area contributed by atoms with Gasteiger partial charge in [0.25, 0.3) is 0 Å². The number of rotatable bonds is 2. The maximum absolute atomic E-state index is 12.9. The highest BCUT2D eigenvalue weighted by Gasteiger charge is 2.41. The first-order valence-electron chi connectivity index (χ1n) is 5.34. The fourth-order valence-electron chi connectivity index (χ4n) is 2.19. The Kier molecular flexibility index (Phi) is 2.75. The summed E-state index contributed by atoms with van der Waals surface area (Å²) in [4.78, 5) is 4.28. The summed E-state index contributed by atoms with van der Waals surface area (Å²) in [7, 11) is 0. The van der Waals surface area contributed by atoms with Gasteiger partial charge in [0.05, 0.1) is 0 Å². The summed E-state index contributed by atoms with van der Waals surface area (Å²) in [6.07, 6.45) is -2.52. The molecule has 0 unspecified atom stereocenters. The van der Waals surface area contributed by atoms with Crippen molar-refractivity contribution in [3.05, 3.63) is 0 Å². The largest absolute Gasteiger partial charge is 0.298 e. The zero-order chi connectivity index (χ0) is 10.3. The molecule has 4 heteroatoms. The molecule has 2 heterocycles. The van der Waals surface area contributed by atoms with Gasteiger partial charge < -0.3 is 0 Å². The van der Waals surface area contributed by atoms with E-state index in [1.807, 2.05) is 4.90 Å². The van der Waals surface area contributed by atoms with Gasteiger partial charge in [0.1, 0.15) is 12.3 Å². The maximum Gasteiger partial charge on any atom is 0.145 e. The highest BCUT2D eigenvalue weighted by molar-refractivity contribution is 4.95. The molecule has 2 fully saturated rings. The molecule has 0 spiro atoms. The number of likely N-dealkylation sites (tertiary alicyclic amines) is 2. The van der Waals surface area contributed by atoms with Gasteiger partial charge in [-0.25, -0.2) is 8.78 Å². The quantitative estimate of drug-likeness (QED) is 0.664. The van der Waals surface area contributed by atoms with Crippen molar-refractivity contribution in [2.24, 2.45) is 0 Å². The Morgan fingerprint density at radius 3 is 1.93 bits per heavy atom. The van der Waals surface area contributed by atoms with E-state index in [1.54, 1.807) is 0 Å². The van der Waals surface area contributed by atoms with Crippen LogP contribution in [-0.4, -0.2) is 60.4 Å². The first-order valence-corrected chi connectivity index (χ1v) is 5.34. The van der Waals surface area contributed by atoms with E-state index in [2.05, 4.69) is 18.7 Å². The van der Waals surface area contributed by atoms with Crippen molar-refractivity contribution < 1.29 is 8.78 Å². The lowest BCUT2D eigenvalue weighted by Gasteiger charge is -2.46. The van der Waals surface area contributed by atoms with Crippen LogP contribution in [-0.2, 0) is 0 Å². The van der Waals surface area contributed by atoms with Gasteiger partial charge >= 0.3 is 0 Å². The summed E-state index contributed by atoms with van der Waals surface area (Å²) in [5.41, 5.74) is 0. The van der Waals surface area contributed by atoms with Crippen LogP contribution in [0.1, 0.15) is 13.8 Å². The maximum atomic E-state index is 12.9. The monoisotopic (exact) mass is 204 g/mol. The number of hydrogen-bond acceptors (Lipinski definition) is 2. The molecule has 2 aliphatic rings. The lowest BCUT2D eigenvalue weighted by Crippen LogP contribution is -2.60. The average molecular weight is 204 g/mol. The van der Waals surface area contributed by atoms with Crippen molar-refractivity contribution in [1.82, 2.24) is 9.80 Å². The van der Waals surface area contributed by atoms with Gasteiger partial charge in [-0.2, -0.15) is 0 Å². The summed E-state index contributed by atoms with van der Waals surface area (Å²) in [5, 5.41) is 0. The lowest BCUT2D eigenvalue weighted by atomic mass is 10.1. The molecule has 0 N–H and O–H groups in total. The van der Waals surface area contributed by atoms with Crippen molar-refractivity contribution >= 4 is 0 Å². The Morgan fingerprint density at radius 1 is 1.00 bits per heavy atom. The third-order valence-electron chi connectivity index (χ3n) is 3.35. The molecule has 0 amide bonds. The van der Waals surface area contributed by atoms with Crippen molar-refractivity contribution in [1.29, 1.82) is 0 Å². The van der Waals surface area contributed by atoms with Crippen LogP contribution in [0.2, 0.25) is 0 Å². The second kappa shape index (κ2) is 3.74. The third kappa shape index (κ3) is 1.77. The predicted octanol–water partition coefficient (Wildman–Crippen LogP) is 1.07. The van der Waals surface area contributed by atoms with Crippen molar-refractivity contribution in [3.63, 3.8) is 0 Å². The number of nitrogens with zero attached hydrogens (tertiary/aromatic N) is 2. The van der Waals surface area contributed by atoms with Crippen LogP contribution in [0.5, 0.6) is 0 Å². The van der Waals surface area contributed by atoms with Gasteiger partial charge in [0, 0.05) is 38.3 Å². The number of halogens is 2. The van der Waals surface area contributed by atoms with Crippen LogP contribution in [0.25, 0.3) is 0 Å². The molecule has 2 rings (SSSR count). The Labute approximate surface area is 83.9 Å². The molecule has 14 heavy (non-hydrogen) atoms. The summed E-state index contributed by atoms with van der Waals surface area (Å²) in [5.74, 6) is 0. The first-order chi connectivity index (χ1) is 6.58. The summed E-state index contributed by atoms with van der Waals surface area (Å²) < 4.78 is 25.8. The van der Waals surface area contributed by atoms with Gasteiger partial charge in [-0.1, -0.05) is 0 Å². The van der Waals surface area contributed by atoms with Crippen molar-refractivity contribution in [2.45, 2.75) is 38.3 Å². The van der Waals surface area contributed by atoms with Gasteiger partial charge in [-0.3, -0.25) is 9.80 Å². The highest BCUT2D eigenvalue weighted by Crippen LogP contribution is 2.24. The molecule has 0 saturated carbocycles. The zero-order valence-corrected chi connectivity index (χ0v) is 8.79. The Morgan fingerprint density at radius 2 is 1.50 bits per heavy atom. The van der Waals surface area contributed by atoms with E-state index in [9.17, 15) is 8.78 Å². The predicted molar refractivity (Wildman–Crippen MR) is 51.9 cm³/mol. The molecule has 0 aromatic carbocycles. The Hall–Kier alpha value is -0.220. The normalized spacial score (nSPS) is 36.6. The Bertz CT molecular complexity index is 194. The molecule has 2 saturated heterocycles. The minimum Gasteiger partial charge on any atom is -0.298 e. The molecule has 0 aromatic heterocycles. The molecule has 2 aliphatic heterocycles. The smallest absolute Gasteiger partial charge is 0.145 e. The van der Waals surface area contributed by atoms with E-state index in [0.717, 1.165) is 13.1 Å². The fourth-order valence-corrected chi connectivity index (χ4v) is 2.19. The topological polar surface area (TPSA) is 6.48 Å². The minimum absolute atomic E-state index is 0.289. The zero-order valence-electron chi connectivity index (χ0n) is 8.79. The average Bonchev–Trinajstić information content (AvgIpc) is 2.27. The summed E-state index contributed by atoms with van der Waals surface area (Å²) in [6.45, 7) is 6.82. The molecular weight excluding hydrogens is 186 g/mol. The molecular formula is C10H18F2N2. The third-order valence-corrected chi connectivity index (χ3v) is 3.35. The van der Waals surface area contributed by atoms with Crippen LogP contribution in [0.15, 0.2) is 0 Å². The van der Waals surface area contributed by atoms with E-state index < -0.39 is 12.3 Å². The summed E-state index contributed by atoms with van der Waals surface area (Å²) in [6, 6.07) is 0.938. The van der Waals surface area contributed by atoms with Crippen LogP contribution < -0.4 is 0 Å². The molecule has 2 atom stereocenters. The van der Waals surface area contributed by atoms with Crippen LogP contribution in [0.4, 0.5) is 8.78 Å². The SMILES string of the molecule is CC(C)N1CC(N2C[C@@H](F)[C@@H](F)C2)C1. The van der Waals surface area contributed by atoms with E-state index in [1.165, 1.54) is 0 Å². The molecule has 0 radical (unpaired) electrons. The highest BCUT2D eigenvalue weighted by atomic mass is 19.2. The molecule has 0 aliphatic carbocycles. The van der Waals surface area contributed by atoms with Gasteiger partial charge in [0.2, 0.25) is 0 Å². The second-order valence-electron chi connectivity index (χ2n) is 4.69. The molecule has 0 aromatic rings.